The van der Waals surface area contributed by atoms with Gasteiger partial charge in [0.25, 0.3) is 0 Å². The third-order valence-corrected chi connectivity index (χ3v) is 5.99. The minimum atomic E-state index is 0. The molecular weight excluding hydrogens is 489 g/mol. The number of rotatable bonds is 6. The number of aliphatic imine (C=N–C) groups is 1. The van der Waals surface area contributed by atoms with Crippen LogP contribution in [0.3, 0.4) is 0 Å². The van der Waals surface area contributed by atoms with Crippen LogP contribution in [0.2, 0.25) is 0 Å². The molecule has 30 heavy (non-hydrogen) atoms. The van der Waals surface area contributed by atoms with Gasteiger partial charge in [-0.15, -0.1) is 24.0 Å². The fraction of sp³-hybridized carbons (Fsp3) is 0.696. The third-order valence-electron chi connectivity index (χ3n) is 5.99. The van der Waals surface area contributed by atoms with Crippen molar-refractivity contribution in [3.63, 3.8) is 0 Å². The molecule has 7 heteroatoms. The number of anilines is 1. The van der Waals surface area contributed by atoms with E-state index in [1.54, 1.807) is 7.11 Å². The Morgan fingerprint density at radius 1 is 1.17 bits per heavy atom. The second-order valence-corrected chi connectivity index (χ2v) is 8.74. The Kier molecular flexibility index (Phi) is 10.5. The summed E-state index contributed by atoms with van der Waals surface area (Å²) in [5.74, 6) is 3.46. The van der Waals surface area contributed by atoms with E-state index in [9.17, 15) is 0 Å². The van der Waals surface area contributed by atoms with Crippen LogP contribution in [-0.2, 0) is 0 Å². The van der Waals surface area contributed by atoms with E-state index in [0.717, 1.165) is 50.4 Å². The fourth-order valence-corrected chi connectivity index (χ4v) is 4.62. The van der Waals surface area contributed by atoms with Crippen LogP contribution in [0.1, 0.15) is 26.7 Å². The number of benzene rings is 1. The maximum Gasteiger partial charge on any atom is 0.193 e. The molecule has 1 aromatic carbocycles. The Bertz CT molecular complexity index is 661. The Morgan fingerprint density at radius 2 is 1.90 bits per heavy atom. The number of ether oxygens (including phenoxy) is 1. The predicted molar refractivity (Wildman–Crippen MR) is 138 cm³/mol. The van der Waals surface area contributed by atoms with Gasteiger partial charge in [-0.3, -0.25) is 4.99 Å². The first-order valence-corrected chi connectivity index (χ1v) is 11.2. The van der Waals surface area contributed by atoms with Crippen molar-refractivity contribution in [2.75, 3.05) is 71.4 Å². The Morgan fingerprint density at radius 3 is 2.57 bits per heavy atom. The second-order valence-electron chi connectivity index (χ2n) is 8.74. The number of piperazine rings is 1. The lowest BCUT2D eigenvalue weighted by atomic mass is 9.97. The van der Waals surface area contributed by atoms with Crippen LogP contribution in [0.5, 0.6) is 5.75 Å². The van der Waals surface area contributed by atoms with Crippen molar-refractivity contribution in [1.82, 2.24) is 15.1 Å². The average Bonchev–Trinajstić information content (AvgIpc) is 2.74. The molecule has 1 unspecified atom stereocenters. The van der Waals surface area contributed by atoms with Crippen LogP contribution < -0.4 is 15.0 Å². The minimum absolute atomic E-state index is 0. The van der Waals surface area contributed by atoms with E-state index in [2.05, 4.69) is 51.0 Å². The zero-order valence-electron chi connectivity index (χ0n) is 19.1. The molecule has 0 radical (unpaired) electrons. The highest BCUT2D eigenvalue weighted by molar-refractivity contribution is 14.0. The van der Waals surface area contributed by atoms with Gasteiger partial charge in [-0.25, -0.2) is 0 Å². The minimum Gasteiger partial charge on any atom is -0.495 e. The van der Waals surface area contributed by atoms with Gasteiger partial charge >= 0.3 is 0 Å². The van der Waals surface area contributed by atoms with E-state index in [1.807, 2.05) is 19.2 Å². The van der Waals surface area contributed by atoms with Crippen molar-refractivity contribution in [2.24, 2.45) is 16.8 Å². The highest BCUT2D eigenvalue weighted by Gasteiger charge is 2.24. The van der Waals surface area contributed by atoms with Crippen molar-refractivity contribution < 1.29 is 4.74 Å². The van der Waals surface area contributed by atoms with Crippen LogP contribution in [-0.4, -0.2) is 82.3 Å². The van der Waals surface area contributed by atoms with Crippen LogP contribution in [0, 0.1) is 11.8 Å². The van der Waals surface area contributed by atoms with Crippen LogP contribution >= 0.6 is 24.0 Å². The molecule has 0 aliphatic carbocycles. The number of methoxy groups -OCH3 is 1. The first kappa shape index (κ1) is 25.0. The maximum atomic E-state index is 5.54. The summed E-state index contributed by atoms with van der Waals surface area (Å²) in [6.45, 7) is 13.2. The number of hydrogen-bond acceptors (Lipinski definition) is 4. The molecule has 3 rings (SSSR count). The molecule has 1 N–H and O–H groups in total. The third kappa shape index (κ3) is 6.90. The van der Waals surface area contributed by atoms with Crippen molar-refractivity contribution >= 4 is 35.6 Å². The zero-order chi connectivity index (χ0) is 20.6. The summed E-state index contributed by atoms with van der Waals surface area (Å²) in [6, 6.07) is 8.29. The molecule has 170 valence electrons. The summed E-state index contributed by atoms with van der Waals surface area (Å²) in [7, 11) is 3.65. The van der Waals surface area contributed by atoms with Gasteiger partial charge in [0.05, 0.1) is 12.8 Å². The summed E-state index contributed by atoms with van der Waals surface area (Å²) in [5.41, 5.74) is 1.19. The molecule has 0 aromatic heterocycles. The monoisotopic (exact) mass is 529 g/mol. The molecule has 2 heterocycles. The molecule has 0 bridgehead atoms. The molecule has 1 aromatic rings. The number of halogens is 1. The summed E-state index contributed by atoms with van der Waals surface area (Å²) < 4.78 is 5.54. The predicted octanol–water partition coefficient (Wildman–Crippen LogP) is 3.38. The Labute approximate surface area is 200 Å². The quantitative estimate of drug-likeness (QED) is 0.348. The zero-order valence-corrected chi connectivity index (χ0v) is 21.5. The lowest BCUT2D eigenvalue weighted by Crippen LogP contribution is -2.53. The van der Waals surface area contributed by atoms with Gasteiger partial charge in [-0.1, -0.05) is 26.0 Å². The normalized spacial score (nSPS) is 20.8. The van der Waals surface area contributed by atoms with Crippen molar-refractivity contribution in [2.45, 2.75) is 26.7 Å². The van der Waals surface area contributed by atoms with Crippen LogP contribution in [0.4, 0.5) is 5.69 Å². The van der Waals surface area contributed by atoms with E-state index in [1.165, 1.54) is 38.2 Å². The molecule has 2 saturated heterocycles. The van der Waals surface area contributed by atoms with Gasteiger partial charge in [-0.2, -0.15) is 0 Å². The van der Waals surface area contributed by atoms with Crippen molar-refractivity contribution in [3.05, 3.63) is 24.3 Å². The second kappa shape index (κ2) is 12.6. The number of piperidine rings is 1. The average molecular weight is 530 g/mol. The van der Waals surface area contributed by atoms with E-state index in [-0.39, 0.29) is 24.0 Å². The van der Waals surface area contributed by atoms with Gasteiger partial charge < -0.3 is 24.8 Å². The molecule has 2 aliphatic heterocycles. The maximum absolute atomic E-state index is 5.54. The summed E-state index contributed by atoms with van der Waals surface area (Å²) >= 11 is 0. The van der Waals surface area contributed by atoms with E-state index >= 15 is 0 Å². The first-order chi connectivity index (χ1) is 14.1. The summed E-state index contributed by atoms with van der Waals surface area (Å²) in [5, 5.41) is 3.67. The lowest BCUT2D eigenvalue weighted by molar-refractivity contribution is 0.159. The van der Waals surface area contributed by atoms with Gasteiger partial charge in [0, 0.05) is 52.9 Å². The topological polar surface area (TPSA) is 43.3 Å². The van der Waals surface area contributed by atoms with E-state index in [0.29, 0.717) is 5.92 Å². The number of nitrogens with one attached hydrogen (secondary N) is 1. The number of hydrogen-bond donors (Lipinski definition) is 1. The van der Waals surface area contributed by atoms with Crippen molar-refractivity contribution in [3.8, 4) is 5.75 Å². The Hall–Kier alpha value is -1.22. The van der Waals surface area contributed by atoms with Gasteiger partial charge in [0.15, 0.2) is 5.96 Å². The standard InChI is InChI=1S/C23H39N5O.HI/c1-19(2)17-26-11-7-8-20(18-26)16-25-23(24-3)28-14-12-27(13-15-28)21-9-5-6-10-22(21)29-4;/h5-6,9-10,19-20H,7-8,11-18H2,1-4H3,(H,24,25);1H. The van der Waals surface area contributed by atoms with E-state index < -0.39 is 0 Å². The SMILES string of the molecule is CN=C(NCC1CCCN(CC(C)C)C1)N1CCN(c2ccccc2OC)CC1.I. The number of para-hydroxylation sites is 2. The Balaban J connectivity index is 0.00000320. The smallest absolute Gasteiger partial charge is 0.193 e. The molecule has 0 amide bonds. The number of likely N-dealkylation sites (tertiary alicyclic amines) is 1. The van der Waals surface area contributed by atoms with Gasteiger partial charge in [-0.05, 0) is 43.4 Å². The fourth-order valence-electron chi connectivity index (χ4n) is 4.62. The lowest BCUT2D eigenvalue weighted by Gasteiger charge is -2.39. The van der Waals surface area contributed by atoms with Crippen molar-refractivity contribution in [1.29, 1.82) is 0 Å². The first-order valence-electron chi connectivity index (χ1n) is 11.2. The molecule has 2 fully saturated rings. The molecule has 1 atom stereocenters. The highest BCUT2D eigenvalue weighted by Crippen LogP contribution is 2.28. The highest BCUT2D eigenvalue weighted by atomic mass is 127. The van der Waals surface area contributed by atoms with Crippen LogP contribution in [0.15, 0.2) is 29.3 Å². The van der Waals surface area contributed by atoms with Gasteiger partial charge in [0.2, 0.25) is 0 Å². The molecule has 6 nitrogen and oxygen atoms in total. The molecule has 0 spiro atoms. The number of nitrogens with zero attached hydrogens (tertiary/aromatic N) is 4. The molecule has 2 aliphatic rings. The molecular formula is C23H40IN5O. The van der Waals surface area contributed by atoms with Crippen LogP contribution in [0.25, 0.3) is 0 Å². The summed E-state index contributed by atoms with van der Waals surface area (Å²) in [4.78, 5) is 12.0. The summed E-state index contributed by atoms with van der Waals surface area (Å²) in [6.07, 6.45) is 2.63. The van der Waals surface area contributed by atoms with Gasteiger partial charge in [0.1, 0.15) is 5.75 Å². The molecule has 0 saturated carbocycles. The largest absolute Gasteiger partial charge is 0.495 e. The number of guanidine groups is 1. The van der Waals surface area contributed by atoms with E-state index in [4.69, 9.17) is 4.74 Å².